The van der Waals surface area contributed by atoms with Crippen LogP contribution >= 0.6 is 33.3 Å². The number of fused-ring (bicyclic) bond motifs is 1. The van der Waals surface area contributed by atoms with Crippen molar-refractivity contribution in [3.8, 4) is 0 Å². The van der Waals surface area contributed by atoms with E-state index in [1.807, 2.05) is 6.92 Å². The Morgan fingerprint density at radius 2 is 2.22 bits per heavy atom. The van der Waals surface area contributed by atoms with Gasteiger partial charge in [0.1, 0.15) is 0 Å². The summed E-state index contributed by atoms with van der Waals surface area (Å²) in [5.41, 5.74) is -0.115. The van der Waals surface area contributed by atoms with Crippen molar-refractivity contribution in [2.45, 2.75) is 19.9 Å². The van der Waals surface area contributed by atoms with E-state index in [9.17, 15) is 9.59 Å². The van der Waals surface area contributed by atoms with E-state index in [1.165, 1.54) is 4.57 Å². The van der Waals surface area contributed by atoms with E-state index in [-0.39, 0.29) is 11.2 Å². The second-order valence-electron chi connectivity index (χ2n) is 3.54. The van der Waals surface area contributed by atoms with Crippen LogP contribution in [0.1, 0.15) is 13.3 Å². The van der Waals surface area contributed by atoms with Gasteiger partial charge in [0.25, 0.3) is 5.56 Å². The molecule has 0 aliphatic rings. The second kappa shape index (κ2) is 5.84. The average Bonchev–Trinajstić information content (AvgIpc) is 2.77. The summed E-state index contributed by atoms with van der Waals surface area (Å²) in [5.74, 6) is 0. The molecule has 0 saturated heterocycles. The van der Waals surface area contributed by atoms with Crippen LogP contribution < -0.4 is 11.2 Å². The van der Waals surface area contributed by atoms with Crippen LogP contribution in [-0.2, 0) is 6.54 Å². The molecule has 18 heavy (non-hydrogen) atoms. The summed E-state index contributed by atoms with van der Waals surface area (Å²) in [6.45, 7) is 2.31. The molecule has 1 N–H and O–H groups in total. The van der Waals surface area contributed by atoms with Crippen molar-refractivity contribution in [1.82, 2.24) is 24.3 Å². The molecule has 0 aliphatic carbocycles. The van der Waals surface area contributed by atoms with Crippen LogP contribution in [0.25, 0.3) is 11.2 Å². The van der Waals surface area contributed by atoms with E-state index in [4.69, 9.17) is 0 Å². The fraction of sp³-hybridized carbons (Fsp3) is 0.429. The monoisotopic (exact) mass is 323 g/mol. The lowest BCUT2D eigenvalue weighted by Gasteiger charge is -2.09. The normalized spacial score (nSPS) is 13.7. The van der Waals surface area contributed by atoms with Crippen LogP contribution in [0.15, 0.2) is 9.59 Å². The van der Waals surface area contributed by atoms with Crippen LogP contribution in [0.2, 0.25) is 0 Å². The maximum atomic E-state index is 12.3. The lowest BCUT2D eigenvalue weighted by molar-refractivity contribution is 0.621. The van der Waals surface area contributed by atoms with Gasteiger partial charge in [0, 0.05) is 6.54 Å². The molecule has 0 radical (unpaired) electrons. The summed E-state index contributed by atoms with van der Waals surface area (Å²) in [6.07, 6.45) is 0.719. The molecule has 98 valence electrons. The number of rotatable bonds is 4. The maximum Gasteiger partial charge on any atom is 0.330 e. The third-order valence-corrected chi connectivity index (χ3v) is 11.7. The van der Waals surface area contributed by atoms with E-state index >= 15 is 0 Å². The van der Waals surface area contributed by atoms with Gasteiger partial charge in [-0.05, 0) is 14.4 Å². The summed E-state index contributed by atoms with van der Waals surface area (Å²) < 4.78 is 2.80. The molecule has 4 unspecified atom stereocenters. The van der Waals surface area contributed by atoms with E-state index in [2.05, 4.69) is 33.2 Å². The number of aromatic amines is 1. The van der Waals surface area contributed by atoms with Crippen LogP contribution in [0.3, 0.4) is 0 Å². The number of hydrogen-bond acceptors (Lipinski definition) is 4. The molecule has 0 amide bonds. The van der Waals surface area contributed by atoms with Gasteiger partial charge in [-0.2, -0.15) is 0 Å². The van der Waals surface area contributed by atoms with Gasteiger partial charge in [0.05, 0.1) is 7.45 Å². The minimum atomic E-state index is -0.669. The molecular formula is C7H13N5O2P4. The molecule has 2 heterocycles. The largest absolute Gasteiger partial charge is 0.330 e. The van der Waals surface area contributed by atoms with Crippen molar-refractivity contribution in [2.75, 3.05) is 0 Å². The van der Waals surface area contributed by atoms with Gasteiger partial charge in [0.15, 0.2) is 11.2 Å². The van der Waals surface area contributed by atoms with Gasteiger partial charge in [-0.15, -0.1) is 14.0 Å². The van der Waals surface area contributed by atoms with Crippen LogP contribution in [-0.4, -0.2) is 24.3 Å². The molecule has 2 rings (SSSR count). The first-order valence-electron chi connectivity index (χ1n) is 5.20. The lowest BCUT2D eigenvalue weighted by atomic mass is 10.4. The Bertz CT molecular complexity index is 677. The van der Waals surface area contributed by atoms with E-state index in [0.29, 0.717) is 20.0 Å². The number of nitrogens with zero attached hydrogens (tertiary/aromatic N) is 4. The maximum absolute atomic E-state index is 12.3. The molecular weight excluding hydrogens is 310 g/mol. The van der Waals surface area contributed by atoms with Crippen LogP contribution in [0.5, 0.6) is 0 Å². The molecule has 0 spiro atoms. The van der Waals surface area contributed by atoms with Gasteiger partial charge in [-0.1, -0.05) is 21.1 Å². The third kappa shape index (κ3) is 2.42. The lowest BCUT2D eigenvalue weighted by Crippen LogP contribution is -2.35. The first-order chi connectivity index (χ1) is 8.60. The predicted octanol–water partition coefficient (Wildman–Crippen LogP) is 1.11. The molecule has 0 bridgehead atoms. The minimum absolute atomic E-state index is 0.260. The number of H-pyrrole nitrogens is 1. The van der Waals surface area contributed by atoms with Gasteiger partial charge in [-0.3, -0.25) is 14.3 Å². The summed E-state index contributed by atoms with van der Waals surface area (Å²) in [5, 5.41) is 7.81. The molecule has 4 atom stereocenters. The zero-order valence-electron chi connectivity index (χ0n) is 9.62. The SMILES string of the molecule is CCCn1c(=O)[nH]c2nnn(P(P)PP)c2c1=O. The zero-order chi connectivity index (χ0) is 13.3. The highest BCUT2D eigenvalue weighted by Crippen LogP contribution is 2.66. The van der Waals surface area contributed by atoms with Crippen molar-refractivity contribution >= 4 is 44.4 Å². The minimum Gasteiger partial charge on any atom is -0.288 e. The quantitative estimate of drug-likeness (QED) is 0.854. The van der Waals surface area contributed by atoms with Crippen molar-refractivity contribution in [2.24, 2.45) is 0 Å². The Kier molecular flexibility index (Phi) is 4.61. The number of aromatic nitrogens is 5. The zero-order valence-corrected chi connectivity index (χ0v) is 13.8. The Labute approximate surface area is 110 Å². The molecule has 11 heteroatoms. The van der Waals surface area contributed by atoms with Gasteiger partial charge < -0.3 is 0 Å². The van der Waals surface area contributed by atoms with Crippen molar-refractivity contribution < 1.29 is 0 Å². The fourth-order valence-electron chi connectivity index (χ4n) is 1.57. The topological polar surface area (TPSA) is 85.6 Å². The summed E-state index contributed by atoms with van der Waals surface area (Å²) >= 11 is 0. The highest BCUT2D eigenvalue weighted by Gasteiger charge is 2.16. The Morgan fingerprint density at radius 1 is 1.50 bits per heavy atom. The van der Waals surface area contributed by atoms with Crippen LogP contribution in [0.4, 0.5) is 0 Å². The van der Waals surface area contributed by atoms with Gasteiger partial charge >= 0.3 is 5.69 Å². The van der Waals surface area contributed by atoms with E-state index in [0.717, 1.165) is 6.42 Å². The summed E-state index contributed by atoms with van der Waals surface area (Å²) in [7, 11) is 5.18. The Morgan fingerprint density at radius 3 is 2.83 bits per heavy atom. The number of nitrogens with one attached hydrogen (secondary N) is 1. The van der Waals surface area contributed by atoms with Crippen molar-refractivity contribution in [1.29, 1.82) is 0 Å². The predicted molar refractivity (Wildman–Crippen MR) is 82.8 cm³/mol. The average molecular weight is 323 g/mol. The molecule has 0 fully saturated rings. The third-order valence-electron chi connectivity index (χ3n) is 2.36. The highest BCUT2D eigenvalue weighted by atomic mass is 32.6. The Hall–Kier alpha value is -0.200. The smallest absolute Gasteiger partial charge is 0.288 e. The molecule has 2 aromatic rings. The molecule has 0 saturated carbocycles. The van der Waals surface area contributed by atoms with Gasteiger partial charge in [-0.25, -0.2) is 9.25 Å². The van der Waals surface area contributed by atoms with Crippen molar-refractivity contribution in [3.05, 3.63) is 20.8 Å². The number of hydrogen-bond donors (Lipinski definition) is 1. The fourth-order valence-corrected chi connectivity index (χ4v) is 4.41. The molecule has 0 aliphatic heterocycles. The van der Waals surface area contributed by atoms with Crippen LogP contribution in [0, 0.1) is 0 Å². The summed E-state index contributed by atoms with van der Waals surface area (Å²) in [4.78, 5) is 26.6. The second-order valence-corrected chi connectivity index (χ2v) is 12.4. The van der Waals surface area contributed by atoms with Crippen molar-refractivity contribution in [3.63, 3.8) is 0 Å². The highest BCUT2D eigenvalue weighted by molar-refractivity contribution is 8.60. The summed E-state index contributed by atoms with van der Waals surface area (Å²) in [6, 6.07) is 0. The van der Waals surface area contributed by atoms with Gasteiger partial charge in [0.2, 0.25) is 0 Å². The van der Waals surface area contributed by atoms with E-state index < -0.39 is 13.1 Å². The first-order valence-corrected chi connectivity index (χ1v) is 11.8. The standard InChI is InChI=1S/C7H13N5O2P4/c1-2-3-11-6(13)4-5(8-7(11)14)9-10-12(4)18(16)17-15/h17H,2-3,15-16H2,1H3,(H,8,14). The molecule has 0 aromatic carbocycles. The first kappa shape index (κ1) is 14.2. The Balaban J connectivity index is 2.77. The molecule has 2 aromatic heterocycles. The molecule has 7 nitrogen and oxygen atoms in total. The van der Waals surface area contributed by atoms with E-state index in [1.54, 1.807) is 4.45 Å².